The lowest BCUT2D eigenvalue weighted by molar-refractivity contribution is -0.126. The molecule has 134 valence electrons. The summed E-state index contributed by atoms with van der Waals surface area (Å²) in [5, 5.41) is 7.42. The van der Waals surface area contributed by atoms with Gasteiger partial charge in [-0.1, -0.05) is 34.1 Å². The van der Waals surface area contributed by atoms with Gasteiger partial charge in [-0.15, -0.1) is 0 Å². The van der Waals surface area contributed by atoms with E-state index in [0.717, 1.165) is 27.0 Å². The van der Waals surface area contributed by atoms with Crippen molar-refractivity contribution in [3.63, 3.8) is 0 Å². The first kappa shape index (κ1) is 16.3. The highest BCUT2D eigenvalue weighted by atomic mass is 79.9. The van der Waals surface area contributed by atoms with Crippen LogP contribution in [0.1, 0.15) is 17.5 Å². The van der Waals surface area contributed by atoms with Crippen LogP contribution in [-0.2, 0) is 15.0 Å². The molecule has 0 saturated carbocycles. The summed E-state index contributed by atoms with van der Waals surface area (Å²) < 4.78 is 2.63. The number of likely N-dealkylation sites (N-methyl/N-ethyl adjacent to an activating group) is 1. The highest BCUT2D eigenvalue weighted by molar-refractivity contribution is 9.10. The molecule has 6 nitrogen and oxygen atoms in total. The summed E-state index contributed by atoms with van der Waals surface area (Å²) in [5.41, 5.74) is 2.19. The van der Waals surface area contributed by atoms with E-state index in [9.17, 15) is 9.59 Å². The number of hydrogen-bond acceptors (Lipinski definition) is 3. The normalized spacial score (nSPS) is 20.6. The number of rotatable bonds is 1. The number of fused-ring (bicyclic) bond motifs is 4. The average molecular weight is 423 g/mol. The third-order valence-electron chi connectivity index (χ3n) is 5.38. The van der Waals surface area contributed by atoms with Gasteiger partial charge >= 0.3 is 0 Å². The lowest BCUT2D eigenvalue weighted by atomic mass is 9.72. The van der Waals surface area contributed by atoms with Crippen LogP contribution in [0.2, 0.25) is 0 Å². The number of para-hydroxylation sites is 1. The first-order chi connectivity index (χ1) is 13.0. The SMILES string of the molecule is CN1C(=O)[C@]2(CC(=O)Nc3c2cnn3-c2ccc(Br)cc2)c2ccccc21. The van der Waals surface area contributed by atoms with Gasteiger partial charge in [-0.2, -0.15) is 5.10 Å². The largest absolute Gasteiger partial charge is 0.314 e. The van der Waals surface area contributed by atoms with Crippen molar-refractivity contribution in [1.82, 2.24) is 9.78 Å². The van der Waals surface area contributed by atoms with Gasteiger partial charge in [0.1, 0.15) is 11.2 Å². The van der Waals surface area contributed by atoms with Crippen LogP contribution in [-0.4, -0.2) is 28.6 Å². The number of hydrogen-bond donors (Lipinski definition) is 1. The second-order valence-electron chi connectivity index (χ2n) is 6.81. The van der Waals surface area contributed by atoms with Gasteiger partial charge in [0.2, 0.25) is 11.8 Å². The monoisotopic (exact) mass is 422 g/mol. The predicted molar refractivity (Wildman–Crippen MR) is 105 cm³/mol. The highest BCUT2D eigenvalue weighted by Gasteiger charge is 2.56. The fourth-order valence-corrected chi connectivity index (χ4v) is 4.40. The van der Waals surface area contributed by atoms with Crippen molar-refractivity contribution in [2.45, 2.75) is 11.8 Å². The molecule has 1 aromatic heterocycles. The molecule has 0 bridgehead atoms. The summed E-state index contributed by atoms with van der Waals surface area (Å²) in [5.74, 6) is 0.252. The Morgan fingerprint density at radius 1 is 1.07 bits per heavy atom. The molecule has 2 aliphatic heterocycles. The van der Waals surface area contributed by atoms with Crippen LogP contribution in [0.4, 0.5) is 11.5 Å². The number of anilines is 2. The van der Waals surface area contributed by atoms with Gasteiger partial charge in [0.25, 0.3) is 0 Å². The molecule has 0 unspecified atom stereocenters. The minimum Gasteiger partial charge on any atom is -0.314 e. The maximum absolute atomic E-state index is 13.3. The molecule has 2 aliphatic rings. The first-order valence-electron chi connectivity index (χ1n) is 8.54. The van der Waals surface area contributed by atoms with E-state index < -0.39 is 5.41 Å². The molecule has 1 N–H and O–H groups in total. The van der Waals surface area contributed by atoms with Crippen LogP contribution < -0.4 is 10.2 Å². The summed E-state index contributed by atoms with van der Waals surface area (Å²) in [6, 6.07) is 15.3. The molecular weight excluding hydrogens is 408 g/mol. The molecule has 3 heterocycles. The molecule has 2 amide bonds. The molecule has 0 radical (unpaired) electrons. The molecule has 3 aromatic rings. The minimum atomic E-state index is -1.03. The van der Waals surface area contributed by atoms with Crippen molar-refractivity contribution >= 4 is 39.2 Å². The van der Waals surface area contributed by atoms with E-state index >= 15 is 0 Å². The van der Waals surface area contributed by atoms with Gasteiger partial charge in [0.15, 0.2) is 0 Å². The van der Waals surface area contributed by atoms with Gasteiger partial charge in [-0.05, 0) is 35.9 Å². The first-order valence-corrected chi connectivity index (χ1v) is 9.33. The molecular formula is C20H15BrN4O2. The molecule has 7 heteroatoms. The Hall–Kier alpha value is -2.93. The summed E-state index contributed by atoms with van der Waals surface area (Å²) >= 11 is 3.42. The number of halogens is 1. The molecule has 0 aliphatic carbocycles. The van der Waals surface area contributed by atoms with Gasteiger partial charge in [-0.25, -0.2) is 4.68 Å². The van der Waals surface area contributed by atoms with E-state index in [1.54, 1.807) is 22.8 Å². The van der Waals surface area contributed by atoms with E-state index in [0.29, 0.717) is 5.82 Å². The van der Waals surface area contributed by atoms with Crippen molar-refractivity contribution < 1.29 is 9.59 Å². The fourth-order valence-electron chi connectivity index (χ4n) is 4.14. The third kappa shape index (κ3) is 2.09. The smallest absolute Gasteiger partial charge is 0.242 e. The quantitative estimate of drug-likeness (QED) is 0.654. The number of amides is 2. The third-order valence-corrected chi connectivity index (χ3v) is 5.91. The number of aromatic nitrogens is 2. The van der Waals surface area contributed by atoms with Crippen LogP contribution in [0.15, 0.2) is 59.2 Å². The van der Waals surface area contributed by atoms with Crippen molar-refractivity contribution in [2.24, 2.45) is 0 Å². The van der Waals surface area contributed by atoms with E-state index in [4.69, 9.17) is 0 Å². The summed E-state index contributed by atoms with van der Waals surface area (Å²) in [6.07, 6.45) is 1.77. The second-order valence-corrected chi connectivity index (χ2v) is 7.72. The Morgan fingerprint density at radius 2 is 1.81 bits per heavy atom. The Balaban J connectivity index is 1.77. The van der Waals surface area contributed by atoms with E-state index in [2.05, 4.69) is 26.3 Å². The molecule has 0 saturated heterocycles. The lowest BCUT2D eigenvalue weighted by Gasteiger charge is -2.32. The van der Waals surface area contributed by atoms with Crippen molar-refractivity contribution in [1.29, 1.82) is 0 Å². The topological polar surface area (TPSA) is 67.2 Å². The maximum atomic E-state index is 13.3. The van der Waals surface area contributed by atoms with Crippen molar-refractivity contribution in [3.05, 3.63) is 70.3 Å². The standard InChI is InChI=1S/C20H15BrN4O2/c1-24-16-5-3-2-4-14(16)20(19(24)27)10-17(26)23-18-15(20)11-22-25(18)13-8-6-12(21)7-9-13/h2-9,11H,10H2,1H3,(H,23,26)/t20-/m1/s1. The molecule has 2 aromatic carbocycles. The van der Waals surface area contributed by atoms with Gasteiger partial charge in [-0.3, -0.25) is 9.59 Å². The van der Waals surface area contributed by atoms with E-state index in [1.165, 1.54) is 0 Å². The summed E-state index contributed by atoms with van der Waals surface area (Å²) in [7, 11) is 1.75. The molecule has 1 atom stereocenters. The Kier molecular flexibility index (Phi) is 3.33. The van der Waals surface area contributed by atoms with Crippen LogP contribution in [0, 0.1) is 0 Å². The zero-order chi connectivity index (χ0) is 18.8. The zero-order valence-electron chi connectivity index (χ0n) is 14.4. The Bertz CT molecular complexity index is 1110. The van der Waals surface area contributed by atoms with Crippen LogP contribution in [0.3, 0.4) is 0 Å². The van der Waals surface area contributed by atoms with Gasteiger partial charge < -0.3 is 10.2 Å². The predicted octanol–water partition coefficient (Wildman–Crippen LogP) is 3.24. The maximum Gasteiger partial charge on any atom is 0.242 e. The van der Waals surface area contributed by atoms with Crippen molar-refractivity contribution in [3.8, 4) is 5.69 Å². The molecule has 1 spiro atoms. The number of benzene rings is 2. The average Bonchev–Trinajstić information content (AvgIpc) is 3.18. The summed E-state index contributed by atoms with van der Waals surface area (Å²) in [4.78, 5) is 27.6. The second kappa shape index (κ2) is 5.53. The molecule has 5 rings (SSSR count). The Morgan fingerprint density at radius 3 is 2.59 bits per heavy atom. The van der Waals surface area contributed by atoms with Crippen LogP contribution in [0.25, 0.3) is 5.69 Å². The Labute approximate surface area is 163 Å². The molecule has 0 fully saturated rings. The van der Waals surface area contributed by atoms with Crippen LogP contribution >= 0.6 is 15.9 Å². The fraction of sp³-hybridized carbons (Fsp3) is 0.150. The van der Waals surface area contributed by atoms with Crippen molar-refractivity contribution in [2.75, 3.05) is 17.3 Å². The highest BCUT2D eigenvalue weighted by Crippen LogP contribution is 2.51. The zero-order valence-corrected chi connectivity index (χ0v) is 16.0. The minimum absolute atomic E-state index is 0.0756. The number of nitrogens with one attached hydrogen (secondary N) is 1. The summed E-state index contributed by atoms with van der Waals surface area (Å²) in [6.45, 7) is 0. The van der Waals surface area contributed by atoms with E-state index in [-0.39, 0.29) is 18.2 Å². The lowest BCUT2D eigenvalue weighted by Crippen LogP contribution is -2.45. The number of carbonyl (C=O) groups is 2. The number of nitrogens with zero attached hydrogens (tertiary/aromatic N) is 3. The van der Waals surface area contributed by atoms with Gasteiger partial charge in [0, 0.05) is 29.2 Å². The molecule has 27 heavy (non-hydrogen) atoms. The van der Waals surface area contributed by atoms with Gasteiger partial charge in [0.05, 0.1) is 11.9 Å². The number of carbonyl (C=O) groups excluding carboxylic acids is 2. The van der Waals surface area contributed by atoms with E-state index in [1.807, 2.05) is 48.5 Å². The van der Waals surface area contributed by atoms with Crippen LogP contribution in [0.5, 0.6) is 0 Å².